The first-order valence-electron chi connectivity index (χ1n) is 14.1. The molecule has 0 radical (unpaired) electrons. The molecule has 4 rings (SSSR count). The van der Waals surface area contributed by atoms with Gasteiger partial charge < -0.3 is 24.4 Å². The molecule has 6 atom stereocenters. The first-order valence-corrected chi connectivity index (χ1v) is 14.5. The number of carbonyl (C=O) groups excluding carboxylic acids is 3. The highest BCUT2D eigenvalue weighted by molar-refractivity contribution is 6.34. The number of benzene rings is 1. The van der Waals surface area contributed by atoms with Crippen molar-refractivity contribution in [3.8, 4) is 0 Å². The Bertz CT molecular complexity index is 1160. The summed E-state index contributed by atoms with van der Waals surface area (Å²) in [4.78, 5) is 45.6. The van der Waals surface area contributed by atoms with E-state index in [2.05, 4.69) is 13.2 Å². The van der Waals surface area contributed by atoms with E-state index in [1.165, 1.54) is 9.80 Å². The van der Waals surface area contributed by atoms with E-state index >= 15 is 0 Å². The van der Waals surface area contributed by atoms with E-state index in [4.69, 9.17) is 21.1 Å². The van der Waals surface area contributed by atoms with Gasteiger partial charge in [0.25, 0.3) is 5.91 Å². The van der Waals surface area contributed by atoms with E-state index in [0.717, 1.165) is 0 Å². The van der Waals surface area contributed by atoms with Crippen molar-refractivity contribution in [1.29, 1.82) is 0 Å². The van der Waals surface area contributed by atoms with Crippen molar-refractivity contribution >= 4 is 35.1 Å². The zero-order valence-corrected chi connectivity index (χ0v) is 24.4. The van der Waals surface area contributed by atoms with Crippen molar-refractivity contribution in [3.05, 3.63) is 54.6 Å². The maximum atomic E-state index is 14.6. The third kappa shape index (κ3) is 5.10. The average Bonchev–Trinajstić information content (AvgIpc) is 3.49. The number of anilines is 1. The molecule has 218 valence electrons. The van der Waals surface area contributed by atoms with Crippen LogP contribution >= 0.6 is 11.6 Å². The second-order valence-corrected chi connectivity index (χ2v) is 12.1. The highest BCUT2D eigenvalue weighted by Crippen LogP contribution is 2.64. The van der Waals surface area contributed by atoms with Crippen LogP contribution in [0.25, 0.3) is 0 Å². The number of fused-ring (bicyclic) bond motifs is 1. The monoisotopic (exact) mass is 572 g/mol. The van der Waals surface area contributed by atoms with Crippen LogP contribution in [0.15, 0.2) is 49.6 Å². The third-order valence-electron chi connectivity index (χ3n) is 8.57. The Labute approximate surface area is 241 Å². The molecule has 9 heteroatoms. The van der Waals surface area contributed by atoms with Gasteiger partial charge in [-0.05, 0) is 57.1 Å². The van der Waals surface area contributed by atoms with Gasteiger partial charge in [-0.1, -0.05) is 49.7 Å². The number of carbonyl (C=O) groups is 3. The highest BCUT2D eigenvalue weighted by atomic mass is 35.5. The quantitative estimate of drug-likeness (QED) is 0.212. The van der Waals surface area contributed by atoms with Gasteiger partial charge in [-0.15, -0.1) is 13.2 Å². The fourth-order valence-corrected chi connectivity index (χ4v) is 7.20. The highest BCUT2D eigenvalue weighted by Gasteiger charge is 2.79. The van der Waals surface area contributed by atoms with E-state index in [1.54, 1.807) is 36.4 Å². The molecule has 0 aromatic heterocycles. The number of amides is 2. The minimum atomic E-state index is -1.24. The number of likely N-dealkylation sites (tertiary alicyclic amines) is 1. The summed E-state index contributed by atoms with van der Waals surface area (Å²) in [5.41, 5.74) is -1.69. The minimum Gasteiger partial charge on any atom is -0.465 e. The minimum absolute atomic E-state index is 0.145. The number of unbranched alkanes of at least 4 members (excludes halogenated alkanes) is 1. The lowest BCUT2D eigenvalue weighted by atomic mass is 9.66. The summed E-state index contributed by atoms with van der Waals surface area (Å²) in [6.45, 7) is 13.4. The van der Waals surface area contributed by atoms with Crippen LogP contribution < -0.4 is 4.90 Å². The van der Waals surface area contributed by atoms with Crippen LogP contribution in [0.4, 0.5) is 5.69 Å². The SMILES string of the molecule is C=CCCCOC(=O)[C@@H]1[C@H]2C(=O)N([C@@H](CO)CC(C)C)C(C(=O)N(CC=C)c3ccccc3Cl)C23CC[C@@]1(C)O3. The lowest BCUT2D eigenvalue weighted by Gasteiger charge is -2.40. The van der Waals surface area contributed by atoms with Gasteiger partial charge in [-0.2, -0.15) is 0 Å². The van der Waals surface area contributed by atoms with E-state index in [9.17, 15) is 19.5 Å². The van der Waals surface area contributed by atoms with Crippen molar-refractivity contribution in [1.82, 2.24) is 4.90 Å². The topological polar surface area (TPSA) is 96.4 Å². The number of ether oxygens (including phenoxy) is 2. The smallest absolute Gasteiger partial charge is 0.312 e. The number of aliphatic hydroxyl groups is 1. The summed E-state index contributed by atoms with van der Waals surface area (Å²) in [6.07, 6.45) is 6.11. The molecule has 2 unspecified atom stereocenters. The molecular weight excluding hydrogens is 532 g/mol. The van der Waals surface area contributed by atoms with Gasteiger partial charge in [0.15, 0.2) is 0 Å². The Balaban J connectivity index is 1.80. The van der Waals surface area contributed by atoms with Crippen LogP contribution in [0.3, 0.4) is 0 Å². The lowest BCUT2D eigenvalue weighted by Crippen LogP contribution is -2.59. The summed E-state index contributed by atoms with van der Waals surface area (Å²) in [5.74, 6) is -2.83. The number of nitrogens with zero attached hydrogens (tertiary/aromatic N) is 2. The summed E-state index contributed by atoms with van der Waals surface area (Å²) in [6, 6.07) is 5.33. The molecule has 3 fully saturated rings. The van der Waals surface area contributed by atoms with Crippen molar-refractivity contribution in [2.75, 3.05) is 24.7 Å². The van der Waals surface area contributed by atoms with Crippen molar-refractivity contribution in [2.45, 2.75) is 76.2 Å². The fraction of sp³-hybridized carbons (Fsp3) is 0.581. The summed E-state index contributed by atoms with van der Waals surface area (Å²) >= 11 is 6.53. The molecule has 40 heavy (non-hydrogen) atoms. The van der Waals surface area contributed by atoms with Gasteiger partial charge in [0.2, 0.25) is 5.91 Å². The third-order valence-corrected chi connectivity index (χ3v) is 8.89. The summed E-state index contributed by atoms with van der Waals surface area (Å²) in [5, 5.41) is 10.9. The second-order valence-electron chi connectivity index (χ2n) is 11.7. The first kappa shape index (κ1) is 30.3. The molecule has 3 heterocycles. The second kappa shape index (κ2) is 12.0. The molecule has 8 nitrogen and oxygen atoms in total. The number of aliphatic hydroxyl groups excluding tert-OH is 1. The maximum absolute atomic E-state index is 14.6. The van der Waals surface area contributed by atoms with Crippen LogP contribution in [0, 0.1) is 17.8 Å². The van der Waals surface area contributed by atoms with E-state index in [-0.39, 0.29) is 37.5 Å². The molecule has 1 aromatic rings. The number of hydrogen-bond acceptors (Lipinski definition) is 6. The number of para-hydroxylation sites is 1. The van der Waals surface area contributed by atoms with Crippen LogP contribution in [0.1, 0.15) is 52.9 Å². The normalized spacial score (nSPS) is 29.4. The Kier molecular flexibility index (Phi) is 9.12. The summed E-state index contributed by atoms with van der Waals surface area (Å²) < 4.78 is 12.3. The number of rotatable bonds is 13. The van der Waals surface area contributed by atoms with Gasteiger partial charge in [-0.25, -0.2) is 0 Å². The standard InChI is InChI=1S/C31H41ClN2O6/c1-6-8-11-17-39-29(38)25-24-27(36)34(21(19-35)18-20(3)4)26(31(24)15-14-30(25,5)40-31)28(37)33(16-7-2)23-13-10-9-12-22(23)32/h6-7,9-10,12-13,20-21,24-26,35H,1-2,8,11,14-19H2,3-5H3/t21-,24+,25+,26?,30-,31?/m1/s1. The van der Waals surface area contributed by atoms with E-state index in [1.807, 2.05) is 20.8 Å². The molecule has 3 aliphatic rings. The van der Waals surface area contributed by atoms with E-state index < -0.39 is 41.1 Å². The largest absolute Gasteiger partial charge is 0.465 e. The van der Waals surface area contributed by atoms with Gasteiger partial charge >= 0.3 is 5.97 Å². The number of allylic oxidation sites excluding steroid dienone is 1. The molecule has 3 aliphatic heterocycles. The zero-order valence-electron chi connectivity index (χ0n) is 23.7. The Hall–Kier alpha value is -2.68. The van der Waals surface area contributed by atoms with Crippen LogP contribution in [0.5, 0.6) is 0 Å². The molecule has 3 saturated heterocycles. The van der Waals surface area contributed by atoms with Crippen molar-refractivity contribution < 1.29 is 29.0 Å². The molecule has 1 spiro atoms. The van der Waals surface area contributed by atoms with Crippen molar-refractivity contribution in [3.63, 3.8) is 0 Å². The van der Waals surface area contributed by atoms with Crippen molar-refractivity contribution in [2.24, 2.45) is 17.8 Å². The number of halogens is 1. The zero-order chi connectivity index (χ0) is 29.2. The Morgan fingerprint density at radius 2 is 2.00 bits per heavy atom. The molecule has 0 aliphatic carbocycles. The Morgan fingerprint density at radius 1 is 1.27 bits per heavy atom. The molecule has 1 N–H and O–H groups in total. The molecule has 0 saturated carbocycles. The van der Waals surface area contributed by atoms with E-state index in [0.29, 0.717) is 42.8 Å². The summed E-state index contributed by atoms with van der Waals surface area (Å²) in [7, 11) is 0. The predicted molar refractivity (Wildman–Crippen MR) is 154 cm³/mol. The van der Waals surface area contributed by atoms with Crippen LogP contribution in [-0.2, 0) is 23.9 Å². The van der Waals surface area contributed by atoms with Gasteiger partial charge in [0, 0.05) is 6.54 Å². The number of esters is 1. The molecule has 2 amide bonds. The molecule has 1 aromatic carbocycles. The molecule has 2 bridgehead atoms. The molecular formula is C31H41ClN2O6. The lowest BCUT2D eigenvalue weighted by molar-refractivity contribution is -0.160. The maximum Gasteiger partial charge on any atom is 0.312 e. The fourth-order valence-electron chi connectivity index (χ4n) is 6.96. The first-order chi connectivity index (χ1) is 19.1. The van der Waals surface area contributed by atoms with Crippen LogP contribution in [0.2, 0.25) is 5.02 Å². The van der Waals surface area contributed by atoms with Gasteiger partial charge in [-0.3, -0.25) is 14.4 Å². The number of hydrogen-bond donors (Lipinski definition) is 1. The van der Waals surface area contributed by atoms with Crippen LogP contribution in [-0.4, -0.2) is 70.8 Å². The van der Waals surface area contributed by atoms with Gasteiger partial charge in [0.05, 0.1) is 41.5 Å². The average molecular weight is 573 g/mol. The predicted octanol–water partition coefficient (Wildman–Crippen LogP) is 4.54. The Morgan fingerprint density at radius 3 is 2.62 bits per heavy atom. The van der Waals surface area contributed by atoms with Gasteiger partial charge in [0.1, 0.15) is 17.6 Å².